The number of benzene rings is 1. The molecule has 0 atom stereocenters. The maximum Gasteiger partial charge on any atom is 0.171 e. The van der Waals surface area contributed by atoms with Gasteiger partial charge in [0.2, 0.25) is 0 Å². The number of aromatic hydroxyl groups is 1. The van der Waals surface area contributed by atoms with Crippen molar-refractivity contribution in [3.05, 3.63) is 46.7 Å². The van der Waals surface area contributed by atoms with Gasteiger partial charge in [-0.05, 0) is 17.7 Å². The van der Waals surface area contributed by atoms with E-state index in [1.54, 1.807) is 12.1 Å². The predicted octanol–water partition coefficient (Wildman–Crippen LogP) is 2.10. The minimum Gasteiger partial charge on any atom is -0.504 e. The number of hydrogen-bond acceptors (Lipinski definition) is 3. The van der Waals surface area contributed by atoms with Crippen LogP contribution in [0.3, 0.4) is 0 Å². The Morgan fingerprint density at radius 1 is 1.38 bits per heavy atom. The van der Waals surface area contributed by atoms with Crippen LogP contribution in [0.25, 0.3) is 0 Å². The second kappa shape index (κ2) is 4.37. The highest BCUT2D eigenvalue weighted by atomic mass is 35.5. The van der Waals surface area contributed by atoms with E-state index in [0.717, 1.165) is 5.56 Å². The van der Waals surface area contributed by atoms with E-state index in [-0.39, 0.29) is 11.4 Å². The summed E-state index contributed by atoms with van der Waals surface area (Å²) >= 11 is 5.76. The van der Waals surface area contributed by atoms with Gasteiger partial charge >= 0.3 is 0 Å². The molecule has 0 spiro atoms. The number of hydrogen-bond donors (Lipinski definition) is 1. The molecule has 4 nitrogen and oxygen atoms in total. The summed E-state index contributed by atoms with van der Waals surface area (Å²) in [5.74, 6) is -0.107. The lowest BCUT2D eigenvalue weighted by atomic mass is 10.2. The third-order valence-electron chi connectivity index (χ3n) is 2.22. The maximum absolute atomic E-state index is 10.7. The largest absolute Gasteiger partial charge is 0.504 e. The Morgan fingerprint density at radius 3 is 2.69 bits per heavy atom. The molecule has 0 radical (unpaired) electrons. The van der Waals surface area contributed by atoms with Crippen molar-refractivity contribution < 1.29 is 9.90 Å². The Balaban J connectivity index is 2.26. The summed E-state index contributed by atoms with van der Waals surface area (Å²) in [7, 11) is 0. The standard InChI is InChI=1S/C11H9ClN2O2/c12-9-3-1-8(2-4-9)6-14-10(7-15)11(16)5-13-14/h1-5,7,16H,6H2. The van der Waals surface area contributed by atoms with E-state index in [0.29, 0.717) is 17.9 Å². The lowest BCUT2D eigenvalue weighted by Gasteiger charge is -2.03. The summed E-state index contributed by atoms with van der Waals surface area (Å²) in [6.45, 7) is 0.422. The van der Waals surface area contributed by atoms with Crippen molar-refractivity contribution in [1.29, 1.82) is 0 Å². The quantitative estimate of drug-likeness (QED) is 0.831. The molecular weight excluding hydrogens is 228 g/mol. The minimum absolute atomic E-state index is 0.107. The van der Waals surface area contributed by atoms with Crippen molar-refractivity contribution in [2.24, 2.45) is 0 Å². The Bertz CT molecular complexity index is 505. The predicted molar refractivity (Wildman–Crippen MR) is 59.8 cm³/mol. The highest BCUT2D eigenvalue weighted by Crippen LogP contribution is 2.16. The van der Waals surface area contributed by atoms with Crippen LogP contribution in [0.2, 0.25) is 5.02 Å². The molecule has 16 heavy (non-hydrogen) atoms. The minimum atomic E-state index is -0.107. The smallest absolute Gasteiger partial charge is 0.171 e. The summed E-state index contributed by atoms with van der Waals surface area (Å²) in [5.41, 5.74) is 1.13. The summed E-state index contributed by atoms with van der Waals surface area (Å²) in [6.07, 6.45) is 1.83. The Morgan fingerprint density at radius 2 is 2.06 bits per heavy atom. The van der Waals surface area contributed by atoms with Gasteiger partial charge in [0.1, 0.15) is 5.69 Å². The van der Waals surface area contributed by atoms with Crippen LogP contribution >= 0.6 is 11.6 Å². The molecule has 1 aromatic heterocycles. The topological polar surface area (TPSA) is 55.1 Å². The van der Waals surface area contributed by atoms with Gasteiger partial charge in [-0.25, -0.2) is 0 Å². The Labute approximate surface area is 97.1 Å². The highest BCUT2D eigenvalue weighted by Gasteiger charge is 2.08. The molecule has 0 saturated carbocycles. The van der Waals surface area contributed by atoms with Gasteiger partial charge in [-0.15, -0.1) is 0 Å². The van der Waals surface area contributed by atoms with Crippen molar-refractivity contribution in [1.82, 2.24) is 9.78 Å². The first-order valence-corrected chi connectivity index (χ1v) is 5.03. The molecule has 0 bridgehead atoms. The summed E-state index contributed by atoms with van der Waals surface area (Å²) in [5, 5.41) is 13.9. The van der Waals surface area contributed by atoms with E-state index in [9.17, 15) is 9.90 Å². The zero-order chi connectivity index (χ0) is 11.5. The van der Waals surface area contributed by atoms with Gasteiger partial charge in [0, 0.05) is 5.02 Å². The number of carbonyl (C=O) groups is 1. The zero-order valence-corrected chi connectivity index (χ0v) is 9.05. The average Bonchev–Trinajstić information content (AvgIpc) is 2.63. The van der Waals surface area contributed by atoms with Crippen LogP contribution in [0, 0.1) is 0 Å². The van der Waals surface area contributed by atoms with Gasteiger partial charge in [0.25, 0.3) is 0 Å². The summed E-state index contributed by atoms with van der Waals surface area (Å²) in [6, 6.07) is 7.22. The van der Waals surface area contributed by atoms with E-state index in [4.69, 9.17) is 11.6 Å². The molecule has 2 aromatic rings. The first-order valence-electron chi connectivity index (χ1n) is 4.65. The van der Waals surface area contributed by atoms with Gasteiger partial charge in [-0.1, -0.05) is 23.7 Å². The molecule has 5 heteroatoms. The third kappa shape index (κ3) is 2.06. The fraction of sp³-hybridized carbons (Fsp3) is 0.0909. The van der Waals surface area contributed by atoms with Crippen molar-refractivity contribution in [3.8, 4) is 5.75 Å². The molecule has 0 amide bonds. The van der Waals surface area contributed by atoms with Gasteiger partial charge in [-0.2, -0.15) is 5.10 Å². The number of halogens is 1. The van der Waals surface area contributed by atoms with E-state index < -0.39 is 0 Å². The number of nitrogens with zero attached hydrogens (tertiary/aromatic N) is 2. The van der Waals surface area contributed by atoms with E-state index >= 15 is 0 Å². The second-order valence-electron chi connectivity index (χ2n) is 3.32. The lowest BCUT2D eigenvalue weighted by molar-refractivity contribution is 0.111. The molecule has 0 aliphatic rings. The van der Waals surface area contributed by atoms with Crippen LogP contribution in [0.5, 0.6) is 5.75 Å². The molecule has 2 rings (SSSR count). The van der Waals surface area contributed by atoms with Crippen LogP contribution in [0.15, 0.2) is 30.5 Å². The first-order chi connectivity index (χ1) is 7.70. The molecule has 0 fully saturated rings. The lowest BCUT2D eigenvalue weighted by Crippen LogP contribution is -2.05. The van der Waals surface area contributed by atoms with Gasteiger partial charge in [-0.3, -0.25) is 9.48 Å². The average molecular weight is 237 g/mol. The van der Waals surface area contributed by atoms with Crippen molar-refractivity contribution in [2.75, 3.05) is 0 Å². The molecule has 82 valence electrons. The summed E-state index contributed by atoms with van der Waals surface area (Å²) in [4.78, 5) is 10.7. The fourth-order valence-corrected chi connectivity index (χ4v) is 1.52. The normalized spacial score (nSPS) is 10.3. The molecule has 1 aromatic carbocycles. The van der Waals surface area contributed by atoms with Crippen LogP contribution in [-0.4, -0.2) is 21.2 Å². The SMILES string of the molecule is O=Cc1c(O)cnn1Cc1ccc(Cl)cc1. The molecule has 0 unspecified atom stereocenters. The molecule has 0 aliphatic heterocycles. The molecular formula is C11H9ClN2O2. The number of rotatable bonds is 3. The zero-order valence-electron chi connectivity index (χ0n) is 8.30. The Kier molecular flexibility index (Phi) is 2.92. The van der Waals surface area contributed by atoms with Gasteiger partial charge in [0.15, 0.2) is 12.0 Å². The monoisotopic (exact) mass is 236 g/mol. The van der Waals surface area contributed by atoms with E-state index in [1.807, 2.05) is 12.1 Å². The maximum atomic E-state index is 10.7. The second-order valence-corrected chi connectivity index (χ2v) is 3.75. The first kappa shape index (κ1) is 10.7. The molecule has 1 heterocycles. The summed E-state index contributed by atoms with van der Waals surface area (Å²) < 4.78 is 1.44. The molecule has 0 saturated heterocycles. The number of aromatic nitrogens is 2. The molecule has 1 N–H and O–H groups in total. The van der Waals surface area contributed by atoms with E-state index in [1.165, 1.54) is 10.9 Å². The highest BCUT2D eigenvalue weighted by molar-refractivity contribution is 6.30. The van der Waals surface area contributed by atoms with Crippen LogP contribution in [-0.2, 0) is 6.54 Å². The fourth-order valence-electron chi connectivity index (χ4n) is 1.39. The number of aldehydes is 1. The van der Waals surface area contributed by atoms with Crippen molar-refractivity contribution in [2.45, 2.75) is 6.54 Å². The molecule has 0 aliphatic carbocycles. The van der Waals surface area contributed by atoms with Gasteiger partial charge < -0.3 is 5.11 Å². The number of carbonyl (C=O) groups excluding carboxylic acids is 1. The van der Waals surface area contributed by atoms with Crippen molar-refractivity contribution in [3.63, 3.8) is 0 Å². The van der Waals surface area contributed by atoms with Crippen LogP contribution in [0.4, 0.5) is 0 Å². The third-order valence-corrected chi connectivity index (χ3v) is 2.47. The van der Waals surface area contributed by atoms with Crippen molar-refractivity contribution >= 4 is 17.9 Å². The van der Waals surface area contributed by atoms with Gasteiger partial charge in [0.05, 0.1) is 12.7 Å². The van der Waals surface area contributed by atoms with Crippen LogP contribution < -0.4 is 0 Å². The van der Waals surface area contributed by atoms with E-state index in [2.05, 4.69) is 5.10 Å². The van der Waals surface area contributed by atoms with Crippen LogP contribution in [0.1, 0.15) is 16.1 Å². The Hall–Kier alpha value is -1.81.